The molecule has 0 amide bonds. The van der Waals surface area contributed by atoms with Gasteiger partial charge < -0.3 is 4.74 Å². The van der Waals surface area contributed by atoms with Crippen LogP contribution < -0.4 is 9.04 Å². The Labute approximate surface area is 157 Å². The molecule has 0 unspecified atom stereocenters. The molecule has 0 bridgehead atoms. The van der Waals surface area contributed by atoms with Crippen molar-refractivity contribution >= 4 is 48.9 Å². The Hall–Kier alpha value is -1.84. The van der Waals surface area contributed by atoms with Gasteiger partial charge >= 0.3 is 0 Å². The lowest BCUT2D eigenvalue weighted by Gasteiger charge is -2.21. The van der Waals surface area contributed by atoms with Gasteiger partial charge in [-0.3, -0.25) is 14.4 Å². The average molecular weight is 448 g/mol. The molecule has 1 aliphatic heterocycles. The van der Waals surface area contributed by atoms with Gasteiger partial charge in [0.15, 0.2) is 5.75 Å². The van der Waals surface area contributed by atoms with Crippen molar-refractivity contribution in [2.24, 2.45) is 0 Å². The minimum absolute atomic E-state index is 0.103. The SMILES string of the molecule is COc1c(Br)cc(Cl)cc1S(=O)(=O)N1CCc2ccc([N+](=O)[O-])cc21. The third kappa shape index (κ3) is 3.07. The quantitative estimate of drug-likeness (QED) is 0.526. The van der Waals surface area contributed by atoms with E-state index in [1.165, 1.54) is 31.4 Å². The van der Waals surface area contributed by atoms with Gasteiger partial charge in [0.1, 0.15) is 4.90 Å². The summed E-state index contributed by atoms with van der Waals surface area (Å²) in [6.07, 6.45) is 0.469. The van der Waals surface area contributed by atoms with E-state index < -0.39 is 14.9 Å². The number of methoxy groups -OCH3 is 1. The maximum atomic E-state index is 13.2. The highest BCUT2D eigenvalue weighted by molar-refractivity contribution is 9.10. The molecule has 0 aromatic heterocycles. The van der Waals surface area contributed by atoms with Crippen molar-refractivity contribution in [3.05, 3.63) is 55.5 Å². The Bertz CT molecular complexity index is 980. The summed E-state index contributed by atoms with van der Waals surface area (Å²) in [5.41, 5.74) is 0.863. The third-order valence-electron chi connectivity index (χ3n) is 3.88. The number of nitro benzene ring substituents is 1. The fourth-order valence-electron chi connectivity index (χ4n) is 2.75. The molecule has 2 aromatic rings. The van der Waals surface area contributed by atoms with Gasteiger partial charge in [0, 0.05) is 23.7 Å². The van der Waals surface area contributed by atoms with Crippen LogP contribution in [0.2, 0.25) is 5.02 Å². The summed E-state index contributed by atoms with van der Waals surface area (Å²) in [5, 5.41) is 11.2. The molecule has 0 radical (unpaired) electrons. The molecule has 0 saturated carbocycles. The smallest absolute Gasteiger partial charge is 0.271 e. The van der Waals surface area contributed by atoms with E-state index in [9.17, 15) is 18.5 Å². The van der Waals surface area contributed by atoms with Crippen molar-refractivity contribution in [3.8, 4) is 5.75 Å². The first-order chi connectivity index (χ1) is 11.8. The van der Waals surface area contributed by atoms with E-state index in [2.05, 4.69) is 15.9 Å². The highest BCUT2D eigenvalue weighted by atomic mass is 79.9. The monoisotopic (exact) mass is 446 g/mol. The van der Waals surface area contributed by atoms with E-state index >= 15 is 0 Å². The first kappa shape index (κ1) is 18.0. The normalized spacial score (nSPS) is 13.6. The van der Waals surface area contributed by atoms with Gasteiger partial charge in [0.05, 0.1) is 22.2 Å². The molecular weight excluding hydrogens is 436 g/mol. The molecule has 0 saturated heterocycles. The van der Waals surface area contributed by atoms with Crippen LogP contribution in [-0.2, 0) is 16.4 Å². The Morgan fingerprint density at radius 1 is 1.32 bits per heavy atom. The summed E-state index contributed by atoms with van der Waals surface area (Å²) in [7, 11) is -2.65. The van der Waals surface area contributed by atoms with Crippen LogP contribution in [0.4, 0.5) is 11.4 Å². The molecule has 0 atom stereocenters. The minimum atomic E-state index is -4.01. The summed E-state index contributed by atoms with van der Waals surface area (Å²) < 4.78 is 33.1. The summed E-state index contributed by atoms with van der Waals surface area (Å²) in [6.45, 7) is 0.187. The molecule has 10 heteroatoms. The largest absolute Gasteiger partial charge is 0.494 e. The van der Waals surface area contributed by atoms with Crippen molar-refractivity contribution in [2.75, 3.05) is 18.0 Å². The highest BCUT2D eigenvalue weighted by Gasteiger charge is 2.35. The zero-order valence-corrected chi connectivity index (χ0v) is 16.1. The number of anilines is 1. The molecule has 0 N–H and O–H groups in total. The fraction of sp³-hybridized carbons (Fsp3) is 0.200. The van der Waals surface area contributed by atoms with E-state index in [0.717, 1.165) is 9.87 Å². The van der Waals surface area contributed by atoms with Crippen LogP contribution in [-0.4, -0.2) is 27.0 Å². The van der Waals surface area contributed by atoms with Crippen LogP contribution in [0.5, 0.6) is 5.75 Å². The second-order valence-electron chi connectivity index (χ2n) is 5.32. The number of benzene rings is 2. The van der Waals surface area contributed by atoms with Gasteiger partial charge in [-0.1, -0.05) is 17.7 Å². The zero-order chi connectivity index (χ0) is 18.4. The van der Waals surface area contributed by atoms with Crippen LogP contribution in [0.1, 0.15) is 5.56 Å². The lowest BCUT2D eigenvalue weighted by Crippen LogP contribution is -2.29. The minimum Gasteiger partial charge on any atom is -0.494 e. The zero-order valence-electron chi connectivity index (χ0n) is 12.9. The summed E-state index contributed by atoms with van der Waals surface area (Å²) in [5.74, 6) is 0.128. The lowest BCUT2D eigenvalue weighted by molar-refractivity contribution is -0.384. The van der Waals surface area contributed by atoms with Gasteiger partial charge in [0.2, 0.25) is 0 Å². The van der Waals surface area contributed by atoms with Gasteiger partial charge in [-0.2, -0.15) is 0 Å². The Kier molecular flexibility index (Phi) is 4.65. The Balaban J connectivity index is 2.16. The fourth-order valence-corrected chi connectivity index (χ4v) is 5.62. The molecule has 25 heavy (non-hydrogen) atoms. The van der Waals surface area contributed by atoms with Gasteiger partial charge in [0.25, 0.3) is 15.7 Å². The number of hydrogen-bond acceptors (Lipinski definition) is 5. The van der Waals surface area contributed by atoms with Crippen LogP contribution in [0.25, 0.3) is 0 Å². The van der Waals surface area contributed by atoms with Crippen LogP contribution in [0, 0.1) is 10.1 Å². The number of rotatable bonds is 4. The predicted molar refractivity (Wildman–Crippen MR) is 97.0 cm³/mol. The van der Waals surface area contributed by atoms with E-state index in [0.29, 0.717) is 16.6 Å². The number of sulfonamides is 1. The maximum Gasteiger partial charge on any atom is 0.271 e. The molecule has 1 aliphatic rings. The second kappa shape index (κ2) is 6.47. The van der Waals surface area contributed by atoms with Crippen LogP contribution in [0.15, 0.2) is 39.7 Å². The van der Waals surface area contributed by atoms with Crippen molar-refractivity contribution in [1.82, 2.24) is 0 Å². The van der Waals surface area contributed by atoms with Crippen LogP contribution >= 0.6 is 27.5 Å². The lowest BCUT2D eigenvalue weighted by atomic mass is 10.1. The van der Waals surface area contributed by atoms with Gasteiger partial charge in [-0.25, -0.2) is 8.42 Å². The number of nitro groups is 1. The Morgan fingerprint density at radius 2 is 2.04 bits per heavy atom. The highest BCUT2D eigenvalue weighted by Crippen LogP contribution is 2.41. The van der Waals surface area contributed by atoms with E-state index in [1.807, 2.05) is 0 Å². The van der Waals surface area contributed by atoms with Crippen LogP contribution in [0.3, 0.4) is 0 Å². The molecule has 7 nitrogen and oxygen atoms in total. The summed E-state index contributed by atoms with van der Waals surface area (Å²) >= 11 is 9.24. The average Bonchev–Trinajstić information content (AvgIpc) is 2.97. The number of non-ortho nitro benzene ring substituents is 1. The summed E-state index contributed by atoms with van der Waals surface area (Å²) in [4.78, 5) is 10.4. The van der Waals surface area contributed by atoms with Gasteiger partial charge in [-0.15, -0.1) is 0 Å². The molecule has 3 rings (SSSR count). The van der Waals surface area contributed by atoms with Crippen molar-refractivity contribution < 1.29 is 18.1 Å². The molecular formula is C15H12BrClN2O5S. The second-order valence-corrected chi connectivity index (χ2v) is 8.44. The number of halogens is 2. The van der Waals surface area contributed by atoms with E-state index in [-0.39, 0.29) is 27.9 Å². The molecule has 132 valence electrons. The van der Waals surface area contributed by atoms with E-state index in [4.69, 9.17) is 16.3 Å². The standard InChI is InChI=1S/C15H12BrClN2O5S/c1-24-15-12(16)6-10(17)7-14(15)25(22,23)18-5-4-9-2-3-11(19(20)21)8-13(9)18/h2-3,6-8H,4-5H2,1H3. The number of ether oxygens (including phenoxy) is 1. The molecule has 1 heterocycles. The van der Waals surface area contributed by atoms with Gasteiger partial charge in [-0.05, 0) is 40.0 Å². The predicted octanol–water partition coefficient (Wildman–Crippen LogP) is 3.77. The molecule has 2 aromatic carbocycles. The number of fused-ring (bicyclic) bond motifs is 1. The molecule has 0 fully saturated rings. The van der Waals surface area contributed by atoms with E-state index in [1.54, 1.807) is 6.07 Å². The van der Waals surface area contributed by atoms with Crippen molar-refractivity contribution in [2.45, 2.75) is 11.3 Å². The first-order valence-electron chi connectivity index (χ1n) is 7.09. The van der Waals surface area contributed by atoms with Crippen molar-refractivity contribution in [1.29, 1.82) is 0 Å². The third-order valence-corrected chi connectivity index (χ3v) is 6.50. The summed E-state index contributed by atoms with van der Waals surface area (Å²) in [6, 6.07) is 7.05. The Morgan fingerprint density at radius 3 is 2.68 bits per heavy atom. The maximum absolute atomic E-state index is 13.2. The molecule has 0 spiro atoms. The topological polar surface area (TPSA) is 89.8 Å². The first-order valence-corrected chi connectivity index (χ1v) is 9.70. The molecule has 0 aliphatic carbocycles. The number of nitrogens with zero attached hydrogens (tertiary/aromatic N) is 2. The van der Waals surface area contributed by atoms with Crippen molar-refractivity contribution in [3.63, 3.8) is 0 Å². The number of hydrogen-bond donors (Lipinski definition) is 0.